The molecule has 0 bridgehead atoms. The Morgan fingerprint density at radius 2 is 2.12 bits per heavy atom. The first-order valence-electron chi connectivity index (χ1n) is 6.07. The number of rotatable bonds is 5. The Hall–Kier alpha value is -1.52. The van der Waals surface area contributed by atoms with Gasteiger partial charge in [0.2, 0.25) is 0 Å². The highest BCUT2D eigenvalue weighted by molar-refractivity contribution is 5.94. The summed E-state index contributed by atoms with van der Waals surface area (Å²) in [5.41, 5.74) is 1.24. The molecule has 1 aliphatic rings. The van der Waals surface area contributed by atoms with E-state index in [1.54, 1.807) is 13.8 Å². The molecule has 1 aliphatic heterocycles. The van der Waals surface area contributed by atoms with Crippen molar-refractivity contribution < 1.29 is 14.3 Å². The predicted octanol–water partition coefficient (Wildman–Crippen LogP) is 1.70. The highest BCUT2D eigenvalue weighted by Crippen LogP contribution is 2.18. The van der Waals surface area contributed by atoms with Crippen LogP contribution in [0.15, 0.2) is 11.3 Å². The van der Waals surface area contributed by atoms with Crippen molar-refractivity contribution in [2.75, 3.05) is 6.61 Å². The van der Waals surface area contributed by atoms with E-state index in [9.17, 15) is 9.59 Å². The fourth-order valence-electron chi connectivity index (χ4n) is 1.83. The predicted molar refractivity (Wildman–Crippen MR) is 64.3 cm³/mol. The van der Waals surface area contributed by atoms with E-state index in [2.05, 4.69) is 17.6 Å². The minimum absolute atomic E-state index is 0.253. The van der Waals surface area contributed by atoms with Crippen molar-refractivity contribution in [2.24, 2.45) is 0 Å². The second-order valence-electron chi connectivity index (χ2n) is 4.04. The lowest BCUT2D eigenvalue weighted by Gasteiger charge is -2.26. The molecule has 0 radical (unpaired) electrons. The lowest BCUT2D eigenvalue weighted by molar-refractivity contribution is -0.139. The van der Waals surface area contributed by atoms with E-state index >= 15 is 0 Å². The van der Waals surface area contributed by atoms with Crippen molar-refractivity contribution in [1.29, 1.82) is 0 Å². The summed E-state index contributed by atoms with van der Waals surface area (Å²) < 4.78 is 5.01. The summed E-state index contributed by atoms with van der Waals surface area (Å²) in [5, 5.41) is 5.37. The van der Waals surface area contributed by atoms with Crippen LogP contribution in [-0.4, -0.2) is 24.6 Å². The van der Waals surface area contributed by atoms with Gasteiger partial charge in [-0.15, -0.1) is 0 Å². The maximum Gasteiger partial charge on any atom is 0.337 e. The lowest BCUT2D eigenvalue weighted by atomic mass is 10.0. The Morgan fingerprint density at radius 1 is 1.41 bits per heavy atom. The second kappa shape index (κ2) is 6.27. The van der Waals surface area contributed by atoms with Gasteiger partial charge in [-0.1, -0.05) is 13.3 Å². The summed E-state index contributed by atoms with van der Waals surface area (Å²) in [6, 6.07) is -0.550. The van der Waals surface area contributed by atoms with Gasteiger partial charge in [-0.05, 0) is 26.7 Å². The van der Waals surface area contributed by atoms with Crippen LogP contribution >= 0.6 is 0 Å². The molecule has 96 valence electrons. The van der Waals surface area contributed by atoms with Crippen molar-refractivity contribution >= 4 is 12.0 Å². The van der Waals surface area contributed by atoms with E-state index in [4.69, 9.17) is 4.74 Å². The van der Waals surface area contributed by atoms with E-state index in [1.807, 2.05) is 0 Å². The van der Waals surface area contributed by atoms with E-state index in [1.165, 1.54) is 0 Å². The van der Waals surface area contributed by atoms with Gasteiger partial charge in [0, 0.05) is 5.70 Å². The van der Waals surface area contributed by atoms with Crippen molar-refractivity contribution in [3.63, 3.8) is 0 Å². The zero-order chi connectivity index (χ0) is 12.8. The minimum Gasteiger partial charge on any atom is -0.463 e. The number of hydrogen-bond donors (Lipinski definition) is 2. The Balaban J connectivity index is 2.93. The average Bonchev–Trinajstić information content (AvgIpc) is 2.25. The number of unbranched alkanes of at least 4 members (excludes halogenated alkanes) is 1. The molecule has 0 fully saturated rings. The number of carbonyl (C=O) groups excluding carboxylic acids is 2. The first-order valence-corrected chi connectivity index (χ1v) is 6.07. The fraction of sp³-hybridized carbons (Fsp3) is 0.667. The molecule has 0 aromatic heterocycles. The monoisotopic (exact) mass is 240 g/mol. The van der Waals surface area contributed by atoms with Crippen molar-refractivity contribution in [3.05, 3.63) is 11.3 Å². The summed E-state index contributed by atoms with van der Waals surface area (Å²) in [7, 11) is 0. The maximum absolute atomic E-state index is 11.8. The van der Waals surface area contributed by atoms with Gasteiger partial charge >= 0.3 is 12.0 Å². The number of nitrogens with one attached hydrogen (secondary N) is 2. The molecule has 5 heteroatoms. The number of ether oxygens (including phenoxy) is 1. The third-order valence-electron chi connectivity index (χ3n) is 2.65. The number of esters is 1. The molecule has 0 spiro atoms. The second-order valence-corrected chi connectivity index (χ2v) is 4.04. The minimum atomic E-state index is -0.349. The van der Waals surface area contributed by atoms with Gasteiger partial charge in [0.15, 0.2) is 0 Å². The Bertz CT molecular complexity index is 337. The molecule has 1 heterocycles. The summed E-state index contributed by atoms with van der Waals surface area (Å²) in [4.78, 5) is 23.2. The van der Waals surface area contributed by atoms with Gasteiger partial charge in [-0.25, -0.2) is 9.59 Å². The molecule has 2 amide bonds. The first kappa shape index (κ1) is 13.5. The number of carbonyl (C=O) groups is 2. The highest BCUT2D eigenvalue weighted by Gasteiger charge is 2.28. The molecule has 0 saturated heterocycles. The van der Waals surface area contributed by atoms with Crippen molar-refractivity contribution in [3.8, 4) is 0 Å². The topological polar surface area (TPSA) is 67.4 Å². The number of allylic oxidation sites excluding steroid dienone is 1. The van der Waals surface area contributed by atoms with Crippen LogP contribution in [0.1, 0.15) is 40.0 Å². The molecule has 0 aliphatic carbocycles. The SMILES string of the molecule is CCCCC1=C(C(=O)OCC)C(C)NC(=O)N1. The van der Waals surface area contributed by atoms with Gasteiger partial charge in [-0.3, -0.25) is 0 Å². The zero-order valence-corrected chi connectivity index (χ0v) is 10.6. The third kappa shape index (κ3) is 3.47. The third-order valence-corrected chi connectivity index (χ3v) is 2.65. The maximum atomic E-state index is 11.8. The van der Waals surface area contributed by atoms with Crippen molar-refractivity contribution in [2.45, 2.75) is 46.1 Å². The van der Waals surface area contributed by atoms with E-state index in [0.717, 1.165) is 12.8 Å². The molecule has 0 aromatic carbocycles. The normalized spacial score (nSPS) is 19.7. The Morgan fingerprint density at radius 3 is 2.71 bits per heavy atom. The molecule has 1 rings (SSSR count). The van der Waals surface area contributed by atoms with Crippen LogP contribution in [0.25, 0.3) is 0 Å². The fourth-order valence-corrected chi connectivity index (χ4v) is 1.83. The summed E-state index contributed by atoms with van der Waals surface area (Å²) in [6.45, 7) is 5.96. The standard InChI is InChI=1S/C12H20N2O3/c1-4-6-7-9-10(11(15)17-5-2)8(3)13-12(16)14-9/h8H,4-7H2,1-3H3,(H2,13,14,16). The van der Waals surface area contributed by atoms with Crippen LogP contribution in [0, 0.1) is 0 Å². The Labute approximate surface area is 102 Å². The molecular formula is C12H20N2O3. The average molecular weight is 240 g/mol. The molecule has 17 heavy (non-hydrogen) atoms. The van der Waals surface area contributed by atoms with Crippen molar-refractivity contribution in [1.82, 2.24) is 10.6 Å². The quantitative estimate of drug-likeness (QED) is 0.719. The lowest BCUT2D eigenvalue weighted by Crippen LogP contribution is -2.49. The number of urea groups is 1. The van der Waals surface area contributed by atoms with E-state index in [-0.39, 0.29) is 18.0 Å². The molecule has 5 nitrogen and oxygen atoms in total. The smallest absolute Gasteiger partial charge is 0.337 e. The van der Waals surface area contributed by atoms with E-state index in [0.29, 0.717) is 24.3 Å². The van der Waals surface area contributed by atoms with Gasteiger partial charge in [-0.2, -0.15) is 0 Å². The van der Waals surface area contributed by atoms with E-state index < -0.39 is 0 Å². The number of hydrogen-bond acceptors (Lipinski definition) is 3. The summed E-state index contributed by atoms with van der Waals surface area (Å²) in [6.07, 6.45) is 2.64. The van der Waals surface area contributed by atoms with Gasteiger partial charge in [0.25, 0.3) is 0 Å². The van der Waals surface area contributed by atoms with Gasteiger partial charge < -0.3 is 15.4 Å². The van der Waals surface area contributed by atoms with Crippen LogP contribution in [0.5, 0.6) is 0 Å². The molecule has 2 N–H and O–H groups in total. The van der Waals surface area contributed by atoms with Crippen LogP contribution < -0.4 is 10.6 Å². The molecular weight excluding hydrogens is 220 g/mol. The summed E-state index contributed by atoms with van der Waals surface area (Å²) in [5.74, 6) is -0.349. The van der Waals surface area contributed by atoms with Gasteiger partial charge in [0.1, 0.15) is 0 Å². The summed E-state index contributed by atoms with van der Waals surface area (Å²) >= 11 is 0. The zero-order valence-electron chi connectivity index (χ0n) is 10.6. The first-order chi connectivity index (χ1) is 8.10. The largest absolute Gasteiger partial charge is 0.463 e. The van der Waals surface area contributed by atoms with Gasteiger partial charge in [0.05, 0.1) is 18.2 Å². The Kier molecular flexibility index (Phi) is 5.00. The number of amides is 2. The molecule has 1 unspecified atom stereocenters. The highest BCUT2D eigenvalue weighted by atomic mass is 16.5. The van der Waals surface area contributed by atoms with Crippen LogP contribution in [-0.2, 0) is 9.53 Å². The molecule has 0 saturated carbocycles. The molecule has 1 atom stereocenters. The van der Waals surface area contributed by atoms with Crippen LogP contribution in [0.4, 0.5) is 4.79 Å². The van der Waals surface area contributed by atoms with Crippen LogP contribution in [0.3, 0.4) is 0 Å². The van der Waals surface area contributed by atoms with Crippen LogP contribution in [0.2, 0.25) is 0 Å². The molecule has 0 aromatic rings.